The van der Waals surface area contributed by atoms with Crippen molar-refractivity contribution >= 4 is 58.2 Å². The number of fused-ring (bicyclic) bond motifs is 1. The third kappa shape index (κ3) is 3.87. The van der Waals surface area contributed by atoms with Gasteiger partial charge in [0.15, 0.2) is 4.96 Å². The highest BCUT2D eigenvalue weighted by Crippen LogP contribution is 2.31. The minimum absolute atomic E-state index is 0. The minimum Gasteiger partial charge on any atom is -0.369 e. The molecule has 12 heteroatoms. The molecule has 3 aromatic rings. The summed E-state index contributed by atoms with van der Waals surface area (Å²) in [5, 5.41) is 18.3. The fourth-order valence-electron chi connectivity index (χ4n) is 2.09. The Hall–Kier alpha value is -2.69. The Morgan fingerprint density at radius 3 is 2.88 bits per heavy atom. The molecule has 0 atom stereocenters. The number of hydrogen-bond acceptors (Lipinski definition) is 6. The molecule has 0 amide bonds. The third-order valence-corrected chi connectivity index (χ3v) is 4.12. The second-order valence-electron chi connectivity index (χ2n) is 4.61. The molecule has 0 aliphatic carbocycles. The largest absolute Gasteiger partial charge is 0.369 e. The quantitative estimate of drug-likeness (QED) is 0.300. The molecule has 0 saturated carbocycles. The summed E-state index contributed by atoms with van der Waals surface area (Å²) in [4.78, 5) is 15.6. The van der Waals surface area contributed by atoms with Crippen LogP contribution in [0.3, 0.4) is 0 Å². The van der Waals surface area contributed by atoms with Crippen LogP contribution in [0.4, 0.5) is 5.69 Å². The SMILES string of the molecule is Cl.NC(N)=NN=Cc1c(-c2cccc([N+](=O)[O-])c2)nc2sc(Cl)cn12. The van der Waals surface area contributed by atoms with Crippen molar-refractivity contribution in [2.75, 3.05) is 0 Å². The maximum Gasteiger partial charge on any atom is 0.270 e. The van der Waals surface area contributed by atoms with Crippen LogP contribution in [-0.2, 0) is 0 Å². The first-order valence-electron chi connectivity index (χ1n) is 6.50. The lowest BCUT2D eigenvalue weighted by molar-refractivity contribution is -0.384. The average Bonchev–Trinajstić information content (AvgIpc) is 3.04. The van der Waals surface area contributed by atoms with E-state index in [4.69, 9.17) is 23.1 Å². The molecule has 130 valence electrons. The van der Waals surface area contributed by atoms with Gasteiger partial charge in [0.25, 0.3) is 5.69 Å². The van der Waals surface area contributed by atoms with Crippen LogP contribution in [0.2, 0.25) is 4.34 Å². The van der Waals surface area contributed by atoms with Crippen molar-refractivity contribution in [1.82, 2.24) is 9.38 Å². The highest BCUT2D eigenvalue weighted by Gasteiger charge is 2.17. The van der Waals surface area contributed by atoms with Crippen molar-refractivity contribution in [3.05, 3.63) is 50.6 Å². The van der Waals surface area contributed by atoms with E-state index in [1.807, 2.05) is 0 Å². The Kier molecular flexibility index (Phi) is 5.57. The van der Waals surface area contributed by atoms with Crippen LogP contribution in [0.25, 0.3) is 16.2 Å². The molecule has 2 aromatic heterocycles. The molecular weight excluding hydrogens is 389 g/mol. The van der Waals surface area contributed by atoms with Crippen LogP contribution in [0.1, 0.15) is 5.69 Å². The normalized spacial score (nSPS) is 10.8. The summed E-state index contributed by atoms with van der Waals surface area (Å²) in [5.41, 5.74) is 12.1. The Balaban J connectivity index is 0.00000225. The van der Waals surface area contributed by atoms with Gasteiger partial charge in [0.05, 0.1) is 22.5 Å². The number of non-ortho nitro benzene ring substituents is 1. The van der Waals surface area contributed by atoms with Crippen molar-refractivity contribution in [1.29, 1.82) is 0 Å². The summed E-state index contributed by atoms with van der Waals surface area (Å²) in [6.45, 7) is 0. The molecule has 0 bridgehead atoms. The van der Waals surface area contributed by atoms with Gasteiger partial charge in [-0.05, 0) is 0 Å². The van der Waals surface area contributed by atoms with Crippen molar-refractivity contribution in [2.24, 2.45) is 21.7 Å². The predicted octanol–water partition coefficient (Wildman–Crippen LogP) is 2.65. The van der Waals surface area contributed by atoms with Crippen LogP contribution in [0.15, 0.2) is 40.7 Å². The van der Waals surface area contributed by atoms with Crippen molar-refractivity contribution in [2.45, 2.75) is 0 Å². The van der Waals surface area contributed by atoms with Crippen LogP contribution in [0.5, 0.6) is 0 Å². The van der Waals surface area contributed by atoms with E-state index in [0.29, 0.717) is 26.2 Å². The van der Waals surface area contributed by atoms with E-state index < -0.39 is 4.92 Å². The smallest absolute Gasteiger partial charge is 0.270 e. The molecule has 0 saturated heterocycles. The summed E-state index contributed by atoms with van der Waals surface area (Å²) >= 11 is 7.27. The monoisotopic (exact) mass is 399 g/mol. The molecule has 2 heterocycles. The maximum atomic E-state index is 11.0. The Labute approximate surface area is 156 Å². The Morgan fingerprint density at radius 2 is 2.20 bits per heavy atom. The number of nitro groups is 1. The molecule has 4 N–H and O–H groups in total. The van der Waals surface area contributed by atoms with Gasteiger partial charge in [-0.1, -0.05) is 35.1 Å². The first-order chi connectivity index (χ1) is 11.5. The summed E-state index contributed by atoms with van der Waals surface area (Å²) in [7, 11) is 0. The molecule has 9 nitrogen and oxygen atoms in total. The lowest BCUT2D eigenvalue weighted by Crippen LogP contribution is -2.21. The number of imidazole rings is 1. The number of nitrogens with zero attached hydrogens (tertiary/aromatic N) is 5. The number of halogens is 2. The van der Waals surface area contributed by atoms with E-state index >= 15 is 0 Å². The topological polar surface area (TPSA) is 137 Å². The molecule has 3 rings (SSSR count). The number of rotatable bonds is 4. The molecule has 25 heavy (non-hydrogen) atoms. The average molecular weight is 400 g/mol. The van der Waals surface area contributed by atoms with E-state index in [2.05, 4.69) is 15.2 Å². The molecule has 0 unspecified atom stereocenters. The Morgan fingerprint density at radius 1 is 1.44 bits per heavy atom. The molecule has 0 aliphatic heterocycles. The number of nitrogens with two attached hydrogens (primary N) is 2. The zero-order valence-corrected chi connectivity index (χ0v) is 14.8. The fraction of sp³-hybridized carbons (Fsp3) is 0. The van der Waals surface area contributed by atoms with Gasteiger partial charge in [-0.25, -0.2) is 4.98 Å². The summed E-state index contributed by atoms with van der Waals surface area (Å²) in [6.07, 6.45) is 3.09. The van der Waals surface area contributed by atoms with Crippen LogP contribution < -0.4 is 11.5 Å². The van der Waals surface area contributed by atoms with Gasteiger partial charge in [-0.15, -0.1) is 17.5 Å². The molecule has 0 fully saturated rings. The van der Waals surface area contributed by atoms with Gasteiger partial charge in [0, 0.05) is 23.9 Å². The highest BCUT2D eigenvalue weighted by molar-refractivity contribution is 7.20. The fourth-order valence-corrected chi connectivity index (χ4v) is 3.11. The van der Waals surface area contributed by atoms with Crippen LogP contribution >= 0.6 is 35.3 Å². The van der Waals surface area contributed by atoms with Crippen molar-refractivity contribution in [3.8, 4) is 11.3 Å². The maximum absolute atomic E-state index is 11.0. The summed E-state index contributed by atoms with van der Waals surface area (Å²) in [6, 6.07) is 6.15. The van der Waals surface area contributed by atoms with Crippen LogP contribution in [-0.4, -0.2) is 26.5 Å². The van der Waals surface area contributed by atoms with E-state index in [9.17, 15) is 10.1 Å². The minimum atomic E-state index is -0.466. The number of benzene rings is 1. The number of aromatic nitrogens is 2. The zero-order valence-electron chi connectivity index (χ0n) is 12.4. The van der Waals surface area contributed by atoms with Gasteiger partial charge >= 0.3 is 0 Å². The molecule has 0 spiro atoms. The highest BCUT2D eigenvalue weighted by atomic mass is 35.5. The Bertz CT molecular complexity index is 992. The van der Waals surface area contributed by atoms with Gasteiger partial charge in [-0.2, -0.15) is 5.10 Å². The van der Waals surface area contributed by atoms with Gasteiger partial charge in [-0.3, -0.25) is 14.5 Å². The van der Waals surface area contributed by atoms with E-state index in [0.717, 1.165) is 0 Å². The van der Waals surface area contributed by atoms with Crippen molar-refractivity contribution in [3.63, 3.8) is 0 Å². The summed E-state index contributed by atoms with van der Waals surface area (Å²) < 4.78 is 2.26. The zero-order chi connectivity index (χ0) is 17.3. The molecule has 0 radical (unpaired) electrons. The molecule has 1 aromatic carbocycles. The number of nitro benzene ring substituents is 1. The van der Waals surface area contributed by atoms with Gasteiger partial charge < -0.3 is 11.5 Å². The lowest BCUT2D eigenvalue weighted by Gasteiger charge is -2.00. The first-order valence-corrected chi connectivity index (χ1v) is 7.69. The second-order valence-corrected chi connectivity index (χ2v) is 6.25. The van der Waals surface area contributed by atoms with Crippen LogP contribution in [0, 0.1) is 10.1 Å². The number of thiazole rings is 1. The molecular formula is C13H11Cl2N7O2S. The summed E-state index contributed by atoms with van der Waals surface area (Å²) in [5.74, 6) is -0.188. The predicted molar refractivity (Wildman–Crippen MR) is 101 cm³/mol. The lowest BCUT2D eigenvalue weighted by atomic mass is 10.1. The number of guanidine groups is 1. The standard InChI is InChI=1S/C13H10ClN7O2S.ClH/c14-10-6-20-9(5-17-19-12(15)16)11(18-13(20)24-10)7-2-1-3-8(4-7)21(22)23;/h1-6H,(H4,15,16,19);1H. The van der Waals surface area contributed by atoms with E-state index in [1.165, 1.54) is 29.7 Å². The number of hydrogen-bond donors (Lipinski definition) is 2. The molecule has 0 aliphatic rings. The van der Waals surface area contributed by atoms with E-state index in [-0.39, 0.29) is 24.1 Å². The van der Waals surface area contributed by atoms with E-state index in [1.54, 1.807) is 22.7 Å². The van der Waals surface area contributed by atoms with Gasteiger partial charge in [0.2, 0.25) is 5.96 Å². The second kappa shape index (κ2) is 7.47. The first kappa shape index (κ1) is 18.6. The van der Waals surface area contributed by atoms with Crippen molar-refractivity contribution < 1.29 is 4.92 Å². The van der Waals surface area contributed by atoms with Gasteiger partial charge in [0.1, 0.15) is 4.34 Å². The third-order valence-electron chi connectivity index (χ3n) is 3.02.